The molecule has 0 saturated carbocycles. The number of hydrogen-bond donors (Lipinski definition) is 3. The first-order chi connectivity index (χ1) is 6.20. The van der Waals surface area contributed by atoms with Gasteiger partial charge >= 0.3 is 0 Å². The third-order valence-corrected chi connectivity index (χ3v) is 2.10. The van der Waals surface area contributed by atoms with Crippen molar-refractivity contribution in [2.24, 2.45) is 11.7 Å². The summed E-state index contributed by atoms with van der Waals surface area (Å²) < 4.78 is 0. The molecule has 0 saturated heterocycles. The molecule has 1 amide bonds. The third kappa shape index (κ3) is 7.74. The summed E-state index contributed by atoms with van der Waals surface area (Å²) in [6.45, 7) is 3.81. The molecule has 0 fully saturated rings. The lowest BCUT2D eigenvalue weighted by atomic mass is 10.0. The molecule has 0 heterocycles. The normalized spacial score (nSPS) is 12.8. The molecule has 4 nitrogen and oxygen atoms in total. The fourth-order valence-corrected chi connectivity index (χ4v) is 1.15. The van der Waals surface area contributed by atoms with Crippen LogP contribution < -0.4 is 11.1 Å². The van der Waals surface area contributed by atoms with Gasteiger partial charge in [0.25, 0.3) is 0 Å². The molecular formula is C9H20N2O2. The first-order valence-electron chi connectivity index (χ1n) is 4.80. The Balaban J connectivity index is 3.32. The standard InChI is InChI=1S/C9H20N2O2/c1-2-8(4-6-12)7-11-5-3-9(10)13/h8,11-12H,2-7H2,1H3,(H2,10,13). The Labute approximate surface area is 79.5 Å². The Hall–Kier alpha value is -0.610. The van der Waals surface area contributed by atoms with Gasteiger partial charge in [0, 0.05) is 19.6 Å². The molecule has 13 heavy (non-hydrogen) atoms. The number of rotatable bonds is 8. The summed E-state index contributed by atoms with van der Waals surface area (Å²) in [6.07, 6.45) is 2.25. The van der Waals surface area contributed by atoms with Gasteiger partial charge in [-0.1, -0.05) is 13.3 Å². The molecule has 0 aromatic heterocycles. The maximum absolute atomic E-state index is 10.4. The first kappa shape index (κ1) is 12.4. The zero-order chi connectivity index (χ0) is 10.1. The Bertz CT molecular complexity index is 140. The van der Waals surface area contributed by atoms with Crippen LogP contribution in [0.3, 0.4) is 0 Å². The lowest BCUT2D eigenvalue weighted by Crippen LogP contribution is -2.27. The summed E-state index contributed by atoms with van der Waals surface area (Å²) in [5.74, 6) is 0.223. The van der Waals surface area contributed by atoms with Crippen molar-refractivity contribution in [3.05, 3.63) is 0 Å². The van der Waals surface area contributed by atoms with Crippen LogP contribution in [0.4, 0.5) is 0 Å². The Morgan fingerprint density at radius 2 is 2.31 bits per heavy atom. The number of amides is 1. The van der Waals surface area contributed by atoms with Gasteiger partial charge in [-0.05, 0) is 18.9 Å². The highest BCUT2D eigenvalue weighted by Gasteiger charge is 2.04. The maximum Gasteiger partial charge on any atom is 0.218 e. The van der Waals surface area contributed by atoms with Crippen LogP contribution in [0.5, 0.6) is 0 Å². The smallest absolute Gasteiger partial charge is 0.218 e. The summed E-state index contributed by atoms with van der Waals surface area (Å²) in [5.41, 5.74) is 4.98. The van der Waals surface area contributed by atoms with Gasteiger partial charge in [-0.15, -0.1) is 0 Å². The number of aliphatic hydroxyl groups excluding tert-OH is 1. The van der Waals surface area contributed by atoms with Gasteiger partial charge in [0.1, 0.15) is 0 Å². The van der Waals surface area contributed by atoms with Crippen LogP contribution in [0, 0.1) is 5.92 Å². The molecule has 0 aliphatic carbocycles. The molecule has 0 bridgehead atoms. The maximum atomic E-state index is 10.4. The lowest BCUT2D eigenvalue weighted by Gasteiger charge is -2.13. The summed E-state index contributed by atoms with van der Waals surface area (Å²) in [7, 11) is 0. The van der Waals surface area contributed by atoms with E-state index < -0.39 is 0 Å². The Morgan fingerprint density at radius 3 is 2.77 bits per heavy atom. The SMILES string of the molecule is CCC(CCO)CNCCC(N)=O. The molecule has 4 N–H and O–H groups in total. The van der Waals surface area contributed by atoms with Crippen LogP contribution >= 0.6 is 0 Å². The monoisotopic (exact) mass is 188 g/mol. The second kappa shape index (κ2) is 8.01. The molecule has 0 aliphatic rings. The molecular weight excluding hydrogens is 168 g/mol. The van der Waals surface area contributed by atoms with Crippen LogP contribution in [-0.2, 0) is 4.79 Å². The minimum absolute atomic E-state index is 0.232. The second-order valence-corrected chi connectivity index (χ2v) is 3.21. The molecule has 1 atom stereocenters. The number of carbonyl (C=O) groups is 1. The Kier molecular flexibility index (Phi) is 7.63. The van der Waals surface area contributed by atoms with Gasteiger partial charge in [0.2, 0.25) is 5.91 Å². The van der Waals surface area contributed by atoms with E-state index in [1.54, 1.807) is 0 Å². The van der Waals surface area contributed by atoms with Gasteiger partial charge in [0.15, 0.2) is 0 Å². The average molecular weight is 188 g/mol. The molecule has 0 rings (SSSR count). The molecule has 0 radical (unpaired) electrons. The molecule has 0 aromatic carbocycles. The highest BCUT2D eigenvalue weighted by Crippen LogP contribution is 2.05. The van der Waals surface area contributed by atoms with Crippen molar-refractivity contribution >= 4 is 5.91 Å². The van der Waals surface area contributed by atoms with Gasteiger partial charge in [0.05, 0.1) is 0 Å². The van der Waals surface area contributed by atoms with E-state index in [-0.39, 0.29) is 12.5 Å². The molecule has 0 spiro atoms. The predicted molar refractivity (Wildman–Crippen MR) is 52.2 cm³/mol. The van der Waals surface area contributed by atoms with Crippen molar-refractivity contribution in [2.75, 3.05) is 19.7 Å². The van der Waals surface area contributed by atoms with Crippen LogP contribution in [0.1, 0.15) is 26.2 Å². The van der Waals surface area contributed by atoms with E-state index in [1.807, 2.05) is 0 Å². The van der Waals surface area contributed by atoms with Crippen LogP contribution in [0.2, 0.25) is 0 Å². The van der Waals surface area contributed by atoms with Gasteiger partial charge in [-0.25, -0.2) is 0 Å². The zero-order valence-electron chi connectivity index (χ0n) is 8.25. The average Bonchev–Trinajstić information content (AvgIpc) is 2.10. The van der Waals surface area contributed by atoms with Crippen LogP contribution in [-0.4, -0.2) is 30.7 Å². The fourth-order valence-electron chi connectivity index (χ4n) is 1.15. The van der Waals surface area contributed by atoms with E-state index in [0.29, 0.717) is 18.9 Å². The minimum Gasteiger partial charge on any atom is -0.396 e. The van der Waals surface area contributed by atoms with E-state index in [9.17, 15) is 4.79 Å². The van der Waals surface area contributed by atoms with Gasteiger partial charge < -0.3 is 16.2 Å². The molecule has 0 aliphatic heterocycles. The molecule has 4 heteroatoms. The number of hydrogen-bond acceptors (Lipinski definition) is 3. The zero-order valence-corrected chi connectivity index (χ0v) is 8.25. The summed E-state index contributed by atoms with van der Waals surface area (Å²) in [5, 5.41) is 11.9. The van der Waals surface area contributed by atoms with E-state index in [4.69, 9.17) is 10.8 Å². The molecule has 0 aromatic rings. The number of aliphatic hydroxyl groups is 1. The van der Waals surface area contributed by atoms with E-state index in [1.165, 1.54) is 0 Å². The van der Waals surface area contributed by atoms with Crippen LogP contribution in [0.15, 0.2) is 0 Å². The third-order valence-electron chi connectivity index (χ3n) is 2.10. The summed E-state index contributed by atoms with van der Waals surface area (Å²) >= 11 is 0. The largest absolute Gasteiger partial charge is 0.396 e. The van der Waals surface area contributed by atoms with Crippen molar-refractivity contribution in [2.45, 2.75) is 26.2 Å². The van der Waals surface area contributed by atoms with Gasteiger partial charge in [-0.3, -0.25) is 4.79 Å². The number of nitrogens with one attached hydrogen (secondary N) is 1. The van der Waals surface area contributed by atoms with E-state index >= 15 is 0 Å². The first-order valence-corrected chi connectivity index (χ1v) is 4.80. The van der Waals surface area contributed by atoms with Crippen molar-refractivity contribution in [3.8, 4) is 0 Å². The van der Waals surface area contributed by atoms with Crippen molar-refractivity contribution < 1.29 is 9.90 Å². The highest BCUT2D eigenvalue weighted by molar-refractivity contribution is 5.73. The van der Waals surface area contributed by atoms with Crippen molar-refractivity contribution in [3.63, 3.8) is 0 Å². The quantitative estimate of drug-likeness (QED) is 0.464. The summed E-state index contributed by atoms with van der Waals surface area (Å²) in [6, 6.07) is 0. The topological polar surface area (TPSA) is 75.3 Å². The fraction of sp³-hybridized carbons (Fsp3) is 0.889. The minimum atomic E-state index is -0.275. The molecule has 78 valence electrons. The summed E-state index contributed by atoms with van der Waals surface area (Å²) in [4.78, 5) is 10.4. The van der Waals surface area contributed by atoms with Crippen molar-refractivity contribution in [1.29, 1.82) is 0 Å². The van der Waals surface area contributed by atoms with E-state index in [2.05, 4.69) is 12.2 Å². The predicted octanol–water partition coefficient (Wildman–Crippen LogP) is -0.140. The Morgan fingerprint density at radius 1 is 1.62 bits per heavy atom. The lowest BCUT2D eigenvalue weighted by molar-refractivity contribution is -0.117. The van der Waals surface area contributed by atoms with E-state index in [0.717, 1.165) is 19.4 Å². The number of primary amides is 1. The van der Waals surface area contributed by atoms with Gasteiger partial charge in [-0.2, -0.15) is 0 Å². The number of carbonyl (C=O) groups excluding carboxylic acids is 1. The number of nitrogens with two attached hydrogens (primary N) is 1. The van der Waals surface area contributed by atoms with Crippen LogP contribution in [0.25, 0.3) is 0 Å². The van der Waals surface area contributed by atoms with Crippen molar-refractivity contribution in [1.82, 2.24) is 5.32 Å². The second-order valence-electron chi connectivity index (χ2n) is 3.21. The molecule has 1 unspecified atom stereocenters. The highest BCUT2D eigenvalue weighted by atomic mass is 16.3.